The van der Waals surface area contributed by atoms with Crippen LogP contribution in [0.25, 0.3) is 0 Å². The number of ether oxygens (including phenoxy) is 1. The van der Waals surface area contributed by atoms with Crippen molar-refractivity contribution in [3.05, 3.63) is 39.5 Å². The van der Waals surface area contributed by atoms with Gasteiger partial charge in [0.2, 0.25) is 5.91 Å². The molecule has 0 bridgehead atoms. The summed E-state index contributed by atoms with van der Waals surface area (Å²) in [7, 11) is 1.63. The van der Waals surface area contributed by atoms with Gasteiger partial charge < -0.3 is 10.1 Å². The van der Waals surface area contributed by atoms with Crippen molar-refractivity contribution in [3.8, 4) is 5.75 Å². The van der Waals surface area contributed by atoms with Gasteiger partial charge in [0.25, 0.3) is 0 Å². The Labute approximate surface area is 124 Å². The number of nitrogens with one attached hydrogen (secondary N) is 2. The number of hydrogen-bond acceptors (Lipinski definition) is 3. The summed E-state index contributed by atoms with van der Waals surface area (Å²) in [5.41, 5.74) is 3.04. The highest BCUT2D eigenvalue weighted by Gasteiger charge is 2.31. The minimum Gasteiger partial charge on any atom is -0.497 e. The van der Waals surface area contributed by atoms with E-state index in [0.717, 1.165) is 27.0 Å². The van der Waals surface area contributed by atoms with Crippen molar-refractivity contribution in [3.63, 3.8) is 0 Å². The summed E-state index contributed by atoms with van der Waals surface area (Å²) in [5.74, 6) is 1.35. The van der Waals surface area contributed by atoms with Crippen molar-refractivity contribution in [2.45, 2.75) is 19.3 Å². The lowest BCUT2D eigenvalue weighted by Gasteiger charge is -2.24. The zero-order chi connectivity index (χ0) is 14.3. The molecule has 0 saturated heterocycles. The molecule has 104 valence electrons. The zero-order valence-electron chi connectivity index (χ0n) is 11.2. The number of aryl methyl sites for hydroxylation is 1. The van der Waals surface area contributed by atoms with Gasteiger partial charge in [0.05, 0.1) is 7.11 Å². The number of nitrogens with zero attached hydrogens (tertiary/aromatic N) is 1. The molecule has 1 aliphatic heterocycles. The summed E-state index contributed by atoms with van der Waals surface area (Å²) in [5, 5.41) is 9.89. The smallest absolute Gasteiger partial charge is 0.226 e. The molecular formula is C14H14BrN3O2. The van der Waals surface area contributed by atoms with E-state index in [-0.39, 0.29) is 11.8 Å². The van der Waals surface area contributed by atoms with Crippen LogP contribution in [0, 0.1) is 6.92 Å². The summed E-state index contributed by atoms with van der Waals surface area (Å²) in [6, 6.07) is 5.79. The van der Waals surface area contributed by atoms with Crippen LogP contribution in [0.3, 0.4) is 0 Å². The van der Waals surface area contributed by atoms with Gasteiger partial charge in [-0.3, -0.25) is 9.89 Å². The molecule has 0 radical (unpaired) electrons. The first-order valence-corrected chi connectivity index (χ1v) is 7.07. The molecule has 0 fully saturated rings. The number of benzene rings is 1. The van der Waals surface area contributed by atoms with Crippen LogP contribution in [0.5, 0.6) is 5.75 Å². The van der Waals surface area contributed by atoms with Crippen LogP contribution in [-0.2, 0) is 4.79 Å². The van der Waals surface area contributed by atoms with E-state index < -0.39 is 0 Å². The maximum absolute atomic E-state index is 11.9. The molecule has 6 heteroatoms. The number of hydrogen-bond donors (Lipinski definition) is 2. The number of methoxy groups -OCH3 is 1. The van der Waals surface area contributed by atoms with Gasteiger partial charge in [-0.25, -0.2) is 0 Å². The van der Waals surface area contributed by atoms with Crippen molar-refractivity contribution in [1.82, 2.24) is 10.2 Å². The highest BCUT2D eigenvalue weighted by molar-refractivity contribution is 9.10. The van der Waals surface area contributed by atoms with Crippen LogP contribution in [0.2, 0.25) is 0 Å². The molecule has 0 aliphatic carbocycles. The summed E-state index contributed by atoms with van der Waals surface area (Å²) in [6.45, 7) is 1.96. The third-order valence-corrected chi connectivity index (χ3v) is 4.29. The predicted molar refractivity (Wildman–Crippen MR) is 79.1 cm³/mol. The lowest BCUT2D eigenvalue weighted by molar-refractivity contribution is -0.116. The molecule has 0 saturated carbocycles. The fourth-order valence-electron chi connectivity index (χ4n) is 2.61. The van der Waals surface area contributed by atoms with Crippen LogP contribution >= 0.6 is 15.9 Å². The third-order valence-electron chi connectivity index (χ3n) is 3.57. The summed E-state index contributed by atoms with van der Waals surface area (Å²) in [6.07, 6.45) is 0.402. The number of fused-ring (bicyclic) bond motifs is 1. The first kappa shape index (κ1) is 13.2. The molecule has 3 rings (SSSR count). The lowest BCUT2D eigenvalue weighted by atomic mass is 9.86. The average Bonchev–Trinajstić information content (AvgIpc) is 2.80. The fourth-order valence-corrected chi connectivity index (χ4v) is 3.13. The number of amides is 1. The lowest BCUT2D eigenvalue weighted by Crippen LogP contribution is -2.23. The molecule has 5 nitrogen and oxygen atoms in total. The monoisotopic (exact) mass is 335 g/mol. The van der Waals surface area contributed by atoms with Gasteiger partial charge in [0.15, 0.2) is 5.82 Å². The maximum atomic E-state index is 11.9. The first-order chi connectivity index (χ1) is 9.60. The van der Waals surface area contributed by atoms with Gasteiger partial charge in [-0.15, -0.1) is 0 Å². The Hall–Kier alpha value is -1.82. The molecule has 1 aromatic carbocycles. The molecule has 2 heterocycles. The van der Waals surface area contributed by atoms with E-state index in [0.29, 0.717) is 12.2 Å². The van der Waals surface area contributed by atoms with E-state index >= 15 is 0 Å². The Balaban J connectivity index is 2.14. The first-order valence-electron chi connectivity index (χ1n) is 6.28. The third kappa shape index (κ3) is 2.10. The van der Waals surface area contributed by atoms with Gasteiger partial charge in [-0.05, 0) is 30.7 Å². The van der Waals surface area contributed by atoms with Crippen LogP contribution in [0.15, 0.2) is 22.7 Å². The van der Waals surface area contributed by atoms with Crippen molar-refractivity contribution in [1.29, 1.82) is 0 Å². The van der Waals surface area contributed by atoms with E-state index in [9.17, 15) is 4.79 Å². The van der Waals surface area contributed by atoms with E-state index in [2.05, 4.69) is 31.4 Å². The Morgan fingerprint density at radius 3 is 3.00 bits per heavy atom. The second kappa shape index (κ2) is 4.94. The second-order valence-corrected chi connectivity index (χ2v) is 5.66. The van der Waals surface area contributed by atoms with Gasteiger partial charge >= 0.3 is 0 Å². The largest absolute Gasteiger partial charge is 0.497 e. The number of H-pyrrole nitrogens is 1. The molecule has 1 amide bonds. The molecule has 0 unspecified atom stereocenters. The Morgan fingerprint density at radius 2 is 2.25 bits per heavy atom. The maximum Gasteiger partial charge on any atom is 0.226 e. The van der Waals surface area contributed by atoms with E-state index in [1.807, 2.05) is 25.1 Å². The summed E-state index contributed by atoms with van der Waals surface area (Å²) >= 11 is 3.56. The SMILES string of the molecule is COc1ccc(Br)c([C@@H]2CC(=O)Nc3n[nH]c(C)c32)c1. The second-order valence-electron chi connectivity index (χ2n) is 4.80. The Morgan fingerprint density at radius 1 is 1.45 bits per heavy atom. The number of aromatic nitrogens is 2. The Bertz CT molecular complexity index is 681. The number of aromatic amines is 1. The molecule has 2 N–H and O–H groups in total. The van der Waals surface area contributed by atoms with Gasteiger partial charge in [0.1, 0.15) is 5.75 Å². The van der Waals surface area contributed by atoms with Crippen LogP contribution in [0.4, 0.5) is 5.82 Å². The fraction of sp³-hybridized carbons (Fsp3) is 0.286. The van der Waals surface area contributed by atoms with Crippen molar-refractivity contribution < 1.29 is 9.53 Å². The van der Waals surface area contributed by atoms with Gasteiger partial charge in [-0.1, -0.05) is 15.9 Å². The highest BCUT2D eigenvalue weighted by Crippen LogP contribution is 2.41. The van der Waals surface area contributed by atoms with Crippen LogP contribution in [-0.4, -0.2) is 23.2 Å². The van der Waals surface area contributed by atoms with Crippen molar-refractivity contribution in [2.75, 3.05) is 12.4 Å². The molecule has 20 heavy (non-hydrogen) atoms. The molecular weight excluding hydrogens is 322 g/mol. The molecule has 1 aliphatic rings. The zero-order valence-corrected chi connectivity index (χ0v) is 12.7. The standard InChI is InChI=1S/C14H14BrN3O2/c1-7-13-10(6-12(19)16-14(13)18-17-7)9-5-8(20-2)3-4-11(9)15/h3-5,10H,6H2,1-2H3,(H2,16,17,18,19)/t10-/m0/s1. The highest BCUT2D eigenvalue weighted by atomic mass is 79.9. The number of anilines is 1. The normalized spacial score (nSPS) is 17.6. The topological polar surface area (TPSA) is 67.0 Å². The van der Waals surface area contributed by atoms with E-state index in [4.69, 9.17) is 4.74 Å². The number of rotatable bonds is 2. The van der Waals surface area contributed by atoms with E-state index in [1.165, 1.54) is 0 Å². The van der Waals surface area contributed by atoms with Crippen molar-refractivity contribution >= 4 is 27.7 Å². The van der Waals surface area contributed by atoms with Crippen LogP contribution < -0.4 is 10.1 Å². The number of carbonyl (C=O) groups excluding carboxylic acids is 1. The van der Waals surface area contributed by atoms with Crippen molar-refractivity contribution in [2.24, 2.45) is 0 Å². The molecule has 0 spiro atoms. The van der Waals surface area contributed by atoms with Gasteiger partial charge in [0, 0.05) is 28.1 Å². The summed E-state index contributed by atoms with van der Waals surface area (Å²) < 4.78 is 6.24. The molecule has 1 atom stereocenters. The predicted octanol–water partition coefficient (Wildman–Crippen LogP) is 2.96. The average molecular weight is 336 g/mol. The minimum atomic E-state index is -0.0259. The molecule has 2 aromatic rings. The van der Waals surface area contributed by atoms with Crippen LogP contribution in [0.1, 0.15) is 29.2 Å². The summed E-state index contributed by atoms with van der Waals surface area (Å²) in [4.78, 5) is 11.9. The van der Waals surface area contributed by atoms with E-state index in [1.54, 1.807) is 7.11 Å². The number of carbonyl (C=O) groups is 1. The molecule has 1 aromatic heterocycles. The van der Waals surface area contributed by atoms with Gasteiger partial charge in [-0.2, -0.15) is 5.10 Å². The quantitative estimate of drug-likeness (QED) is 0.886. The minimum absolute atomic E-state index is 0.0243. The Kier molecular flexibility index (Phi) is 3.25. The number of halogens is 1.